The van der Waals surface area contributed by atoms with Gasteiger partial charge in [0, 0.05) is 12.7 Å². The van der Waals surface area contributed by atoms with Crippen LogP contribution in [0.15, 0.2) is 48.5 Å². The smallest absolute Gasteiger partial charge is 0.484 e. The van der Waals surface area contributed by atoms with Crippen LogP contribution in [0.3, 0.4) is 0 Å². The van der Waals surface area contributed by atoms with Crippen molar-refractivity contribution in [1.29, 1.82) is 0 Å². The van der Waals surface area contributed by atoms with Gasteiger partial charge in [-0.15, -0.1) is 13.2 Å². The first-order valence-electron chi connectivity index (χ1n) is 8.77. The molecule has 0 heterocycles. The van der Waals surface area contributed by atoms with Gasteiger partial charge in [0.25, 0.3) is 5.91 Å². The highest BCUT2D eigenvalue weighted by molar-refractivity contribution is 5.94. The van der Waals surface area contributed by atoms with Crippen LogP contribution in [0.2, 0.25) is 0 Å². The number of aryl methyl sites for hydroxylation is 1. The van der Waals surface area contributed by atoms with E-state index in [1.807, 2.05) is 19.1 Å². The second kappa shape index (κ2) is 9.81. The van der Waals surface area contributed by atoms with Crippen LogP contribution in [0.5, 0.6) is 11.5 Å². The Bertz CT molecular complexity index is 821. The molecule has 1 N–H and O–H groups in total. The minimum atomic E-state index is -4.78. The van der Waals surface area contributed by atoms with E-state index in [1.165, 1.54) is 24.1 Å². The number of ether oxygens (including phenoxy) is 2. The van der Waals surface area contributed by atoms with Gasteiger partial charge in [0.2, 0.25) is 5.91 Å². The molecule has 0 unspecified atom stereocenters. The number of benzene rings is 2. The molecule has 6 nitrogen and oxygen atoms in total. The van der Waals surface area contributed by atoms with E-state index in [-0.39, 0.29) is 18.8 Å². The quantitative estimate of drug-likeness (QED) is 0.722. The van der Waals surface area contributed by atoms with E-state index in [4.69, 9.17) is 4.74 Å². The molecule has 2 rings (SSSR count). The number of carbonyl (C=O) groups excluding carboxylic acids is 2. The summed E-state index contributed by atoms with van der Waals surface area (Å²) in [5, 5.41) is 2.49. The van der Waals surface area contributed by atoms with Crippen molar-refractivity contribution < 1.29 is 32.2 Å². The van der Waals surface area contributed by atoms with E-state index >= 15 is 0 Å². The molecule has 9 heteroatoms. The van der Waals surface area contributed by atoms with Crippen molar-refractivity contribution >= 4 is 17.5 Å². The fourth-order valence-corrected chi connectivity index (χ4v) is 2.32. The van der Waals surface area contributed by atoms with Gasteiger partial charge in [-0.1, -0.05) is 19.1 Å². The standard InChI is InChI=1S/C20H21F3N2O4/c1-3-14-4-8-16(9-5-14)28-13-19(27)25(2)12-18(26)24-15-6-10-17(11-7-15)29-20(21,22)23/h4-11H,3,12-13H2,1-2H3,(H,24,26). The van der Waals surface area contributed by atoms with E-state index in [2.05, 4.69) is 10.1 Å². The van der Waals surface area contributed by atoms with Gasteiger partial charge in [-0.3, -0.25) is 9.59 Å². The van der Waals surface area contributed by atoms with Gasteiger partial charge in [0.05, 0.1) is 6.54 Å². The number of halogens is 3. The highest BCUT2D eigenvalue weighted by Crippen LogP contribution is 2.23. The summed E-state index contributed by atoms with van der Waals surface area (Å²) < 4.78 is 45.6. The van der Waals surface area contributed by atoms with E-state index in [0.717, 1.165) is 24.1 Å². The van der Waals surface area contributed by atoms with Gasteiger partial charge >= 0.3 is 6.36 Å². The molecule has 29 heavy (non-hydrogen) atoms. The number of rotatable bonds is 8. The Morgan fingerprint density at radius 2 is 1.59 bits per heavy atom. The first kappa shape index (κ1) is 22.1. The molecule has 2 aromatic rings. The Hall–Kier alpha value is -3.23. The number of hydrogen-bond acceptors (Lipinski definition) is 4. The maximum absolute atomic E-state index is 12.1. The summed E-state index contributed by atoms with van der Waals surface area (Å²) in [5.41, 5.74) is 1.42. The molecule has 0 aliphatic rings. The van der Waals surface area contributed by atoms with Crippen LogP contribution in [0.1, 0.15) is 12.5 Å². The summed E-state index contributed by atoms with van der Waals surface area (Å²) in [6, 6.07) is 12.0. The van der Waals surface area contributed by atoms with Crippen LogP contribution in [0, 0.1) is 0 Å². The molecule has 0 aliphatic heterocycles. The van der Waals surface area contributed by atoms with E-state index < -0.39 is 23.9 Å². The zero-order chi connectivity index (χ0) is 21.4. The van der Waals surface area contributed by atoms with Gasteiger partial charge in [0.15, 0.2) is 6.61 Å². The lowest BCUT2D eigenvalue weighted by atomic mass is 10.2. The minimum Gasteiger partial charge on any atom is -0.484 e. The predicted molar refractivity (Wildman–Crippen MR) is 101 cm³/mol. The number of carbonyl (C=O) groups is 2. The molecular weight excluding hydrogens is 389 g/mol. The second-order valence-corrected chi connectivity index (χ2v) is 6.16. The molecule has 0 aromatic heterocycles. The van der Waals surface area contributed by atoms with Crippen LogP contribution in [0.25, 0.3) is 0 Å². The summed E-state index contributed by atoms with van der Waals surface area (Å²) in [6.07, 6.45) is -3.89. The lowest BCUT2D eigenvalue weighted by Crippen LogP contribution is -2.37. The van der Waals surface area contributed by atoms with Crippen LogP contribution in [0.4, 0.5) is 18.9 Å². The normalized spacial score (nSPS) is 10.9. The third-order valence-electron chi connectivity index (χ3n) is 3.87. The van der Waals surface area contributed by atoms with E-state index in [1.54, 1.807) is 12.1 Å². The molecule has 156 valence electrons. The Balaban J connectivity index is 1.79. The number of nitrogens with one attached hydrogen (secondary N) is 1. The molecule has 0 aliphatic carbocycles. The largest absolute Gasteiger partial charge is 0.573 e. The van der Waals surface area contributed by atoms with E-state index in [0.29, 0.717) is 5.75 Å². The lowest BCUT2D eigenvalue weighted by Gasteiger charge is -2.17. The summed E-state index contributed by atoms with van der Waals surface area (Å²) in [7, 11) is 1.45. The van der Waals surface area contributed by atoms with Crippen molar-refractivity contribution in [2.75, 3.05) is 25.5 Å². The minimum absolute atomic E-state index is 0.223. The Morgan fingerprint density at radius 3 is 2.14 bits per heavy atom. The van der Waals surface area contributed by atoms with Crippen molar-refractivity contribution in [2.24, 2.45) is 0 Å². The second-order valence-electron chi connectivity index (χ2n) is 6.16. The molecule has 0 fully saturated rings. The van der Waals surface area contributed by atoms with Crippen LogP contribution in [-0.2, 0) is 16.0 Å². The third kappa shape index (κ3) is 7.73. The molecule has 0 spiro atoms. The van der Waals surface area contributed by atoms with Gasteiger partial charge < -0.3 is 19.7 Å². The van der Waals surface area contributed by atoms with Crippen molar-refractivity contribution in [3.05, 3.63) is 54.1 Å². The van der Waals surface area contributed by atoms with Gasteiger partial charge in [-0.25, -0.2) is 0 Å². The maximum atomic E-state index is 12.1. The Labute approximate surface area is 166 Å². The SMILES string of the molecule is CCc1ccc(OCC(=O)N(C)CC(=O)Nc2ccc(OC(F)(F)F)cc2)cc1. The molecular formula is C20H21F3N2O4. The third-order valence-corrected chi connectivity index (χ3v) is 3.87. The highest BCUT2D eigenvalue weighted by atomic mass is 19.4. The molecule has 0 saturated heterocycles. The highest BCUT2D eigenvalue weighted by Gasteiger charge is 2.31. The fourth-order valence-electron chi connectivity index (χ4n) is 2.32. The average molecular weight is 410 g/mol. The Kier molecular flexibility index (Phi) is 7.46. The first-order valence-corrected chi connectivity index (χ1v) is 8.77. The molecule has 0 atom stereocenters. The monoisotopic (exact) mass is 410 g/mol. The van der Waals surface area contributed by atoms with Gasteiger partial charge in [-0.2, -0.15) is 0 Å². The van der Waals surface area contributed by atoms with Gasteiger partial charge in [-0.05, 0) is 48.4 Å². The number of amides is 2. The van der Waals surface area contributed by atoms with Crippen LogP contribution >= 0.6 is 0 Å². The molecule has 0 saturated carbocycles. The van der Waals surface area contributed by atoms with Crippen molar-refractivity contribution in [3.63, 3.8) is 0 Å². The lowest BCUT2D eigenvalue weighted by molar-refractivity contribution is -0.274. The zero-order valence-corrected chi connectivity index (χ0v) is 16.0. The first-order chi connectivity index (χ1) is 13.7. The van der Waals surface area contributed by atoms with E-state index in [9.17, 15) is 22.8 Å². The van der Waals surface area contributed by atoms with Crippen molar-refractivity contribution in [1.82, 2.24) is 4.90 Å². The van der Waals surface area contributed by atoms with Crippen molar-refractivity contribution in [2.45, 2.75) is 19.7 Å². The number of hydrogen-bond donors (Lipinski definition) is 1. The summed E-state index contributed by atoms with van der Waals surface area (Å²) >= 11 is 0. The molecule has 0 radical (unpaired) electrons. The summed E-state index contributed by atoms with van der Waals surface area (Å²) in [6.45, 7) is 1.57. The summed E-state index contributed by atoms with van der Waals surface area (Å²) in [5.74, 6) is -0.743. The fraction of sp³-hybridized carbons (Fsp3) is 0.300. The summed E-state index contributed by atoms with van der Waals surface area (Å²) in [4.78, 5) is 25.3. The molecule has 2 aromatic carbocycles. The number of alkyl halides is 3. The molecule has 2 amide bonds. The zero-order valence-electron chi connectivity index (χ0n) is 16.0. The van der Waals surface area contributed by atoms with Crippen LogP contribution in [-0.4, -0.2) is 43.3 Å². The molecule has 0 bridgehead atoms. The van der Waals surface area contributed by atoms with Crippen molar-refractivity contribution in [3.8, 4) is 11.5 Å². The number of nitrogens with zero attached hydrogens (tertiary/aromatic N) is 1. The number of anilines is 1. The van der Waals surface area contributed by atoms with Crippen LogP contribution < -0.4 is 14.8 Å². The average Bonchev–Trinajstić information content (AvgIpc) is 2.66. The Morgan fingerprint density at radius 1 is 1.00 bits per heavy atom. The van der Waals surface area contributed by atoms with Gasteiger partial charge in [0.1, 0.15) is 11.5 Å². The topological polar surface area (TPSA) is 67.9 Å². The number of likely N-dealkylation sites (N-methyl/N-ethyl adjacent to an activating group) is 1. The predicted octanol–water partition coefficient (Wildman–Crippen LogP) is 3.62. The maximum Gasteiger partial charge on any atom is 0.573 e.